The Morgan fingerprint density at radius 1 is 0.893 bits per heavy atom. The lowest BCUT2D eigenvalue weighted by molar-refractivity contribution is 0.0729. The first-order valence-electron chi connectivity index (χ1n) is 10.8. The van der Waals surface area contributed by atoms with Crippen molar-refractivity contribution in [2.24, 2.45) is 5.92 Å². The number of halogens is 1. The van der Waals surface area contributed by atoms with E-state index in [9.17, 15) is 4.39 Å². The normalized spacial score (nSPS) is 27.7. The van der Waals surface area contributed by atoms with Crippen LogP contribution in [0.5, 0.6) is 0 Å². The second kappa shape index (κ2) is 7.58. The quantitative estimate of drug-likeness (QED) is 0.718. The minimum Gasteiger partial charge on any atom is -0.311 e. The summed E-state index contributed by atoms with van der Waals surface area (Å²) in [6, 6.07) is 16.2. The Morgan fingerprint density at radius 3 is 2.11 bits per heavy atom. The van der Waals surface area contributed by atoms with Crippen LogP contribution in [0.15, 0.2) is 48.5 Å². The third-order valence-corrected chi connectivity index (χ3v) is 7.02. The number of hydrogen-bond acceptors (Lipinski definition) is 3. The molecule has 1 saturated carbocycles. The highest BCUT2D eigenvalue weighted by molar-refractivity contribution is 5.63. The summed E-state index contributed by atoms with van der Waals surface area (Å²) in [7, 11) is 0. The summed E-state index contributed by atoms with van der Waals surface area (Å²) in [5, 5.41) is 7.62. The highest BCUT2D eigenvalue weighted by Gasteiger charge is 2.43. The van der Waals surface area contributed by atoms with Gasteiger partial charge in [0.2, 0.25) is 0 Å². The molecule has 1 atom stereocenters. The molecule has 148 valence electrons. The van der Waals surface area contributed by atoms with Crippen LogP contribution in [0.1, 0.15) is 31.2 Å². The lowest BCUT2D eigenvalue weighted by Gasteiger charge is -2.45. The van der Waals surface area contributed by atoms with E-state index in [1.165, 1.54) is 63.0 Å². The molecule has 2 aromatic carbocycles. The van der Waals surface area contributed by atoms with Crippen molar-refractivity contribution in [3.05, 3.63) is 59.9 Å². The van der Waals surface area contributed by atoms with Crippen molar-refractivity contribution in [2.75, 3.05) is 32.7 Å². The van der Waals surface area contributed by atoms with Crippen LogP contribution in [0.2, 0.25) is 0 Å². The van der Waals surface area contributed by atoms with E-state index in [4.69, 9.17) is 0 Å². The molecular weight excluding hydrogens is 349 g/mol. The van der Waals surface area contributed by atoms with Crippen LogP contribution < -0.4 is 10.6 Å². The number of fused-ring (bicyclic) bond motifs is 3. The van der Waals surface area contributed by atoms with Gasteiger partial charge in [-0.2, -0.15) is 0 Å². The van der Waals surface area contributed by atoms with Crippen LogP contribution in [-0.2, 0) is 5.54 Å². The van der Waals surface area contributed by atoms with Gasteiger partial charge in [-0.3, -0.25) is 0 Å². The summed E-state index contributed by atoms with van der Waals surface area (Å²) in [6.45, 7) is 5.91. The van der Waals surface area contributed by atoms with Crippen LogP contribution in [-0.4, -0.2) is 43.7 Å². The van der Waals surface area contributed by atoms with Crippen molar-refractivity contribution in [2.45, 2.75) is 37.3 Å². The van der Waals surface area contributed by atoms with Crippen molar-refractivity contribution in [3.63, 3.8) is 0 Å². The fourth-order valence-corrected chi connectivity index (χ4v) is 5.07. The Balaban J connectivity index is 1.14. The zero-order valence-corrected chi connectivity index (χ0v) is 16.5. The van der Waals surface area contributed by atoms with E-state index >= 15 is 0 Å². The second-order valence-corrected chi connectivity index (χ2v) is 8.79. The van der Waals surface area contributed by atoms with E-state index in [1.54, 1.807) is 0 Å². The lowest BCUT2D eigenvalue weighted by atomic mass is 9.84. The van der Waals surface area contributed by atoms with Gasteiger partial charge in [0, 0.05) is 31.2 Å². The number of rotatable bonds is 7. The molecule has 6 rings (SSSR count). The lowest BCUT2D eigenvalue weighted by Crippen LogP contribution is -2.56. The van der Waals surface area contributed by atoms with E-state index in [0.29, 0.717) is 6.04 Å². The highest BCUT2D eigenvalue weighted by Crippen LogP contribution is 2.45. The zero-order valence-electron chi connectivity index (χ0n) is 16.5. The Kier molecular flexibility index (Phi) is 4.95. The van der Waals surface area contributed by atoms with Crippen LogP contribution in [0, 0.1) is 11.7 Å². The first-order chi connectivity index (χ1) is 13.7. The van der Waals surface area contributed by atoms with E-state index in [2.05, 4.69) is 39.8 Å². The predicted octanol–water partition coefficient (Wildman–Crippen LogP) is 3.76. The maximum absolute atomic E-state index is 13.1. The zero-order chi connectivity index (χ0) is 19.0. The molecule has 4 heteroatoms. The molecule has 3 saturated heterocycles. The number of benzene rings is 2. The smallest absolute Gasteiger partial charge is 0.123 e. The first kappa shape index (κ1) is 18.3. The molecule has 4 fully saturated rings. The summed E-state index contributed by atoms with van der Waals surface area (Å²) in [6.07, 6.45) is 5.16. The fourth-order valence-electron chi connectivity index (χ4n) is 5.07. The SMILES string of the molecule is Fc1ccc(-c2ccc(C3(NCCNC4CN5CCC4CC5)CC3)cc2)cc1. The average molecular weight is 380 g/mol. The van der Waals surface area contributed by atoms with Crippen LogP contribution in [0.3, 0.4) is 0 Å². The van der Waals surface area contributed by atoms with Crippen LogP contribution >= 0.6 is 0 Å². The van der Waals surface area contributed by atoms with Crippen molar-refractivity contribution in [3.8, 4) is 11.1 Å². The number of piperidine rings is 3. The molecular formula is C24H30FN3. The molecule has 0 radical (unpaired) electrons. The van der Waals surface area contributed by atoms with Crippen molar-refractivity contribution in [1.29, 1.82) is 0 Å². The topological polar surface area (TPSA) is 27.3 Å². The Morgan fingerprint density at radius 2 is 1.54 bits per heavy atom. The molecule has 3 heterocycles. The number of nitrogens with zero attached hydrogens (tertiary/aromatic N) is 1. The third-order valence-electron chi connectivity index (χ3n) is 7.02. The average Bonchev–Trinajstić information content (AvgIpc) is 3.54. The van der Waals surface area contributed by atoms with Crippen LogP contribution in [0.25, 0.3) is 11.1 Å². The number of nitrogens with one attached hydrogen (secondary N) is 2. The predicted molar refractivity (Wildman–Crippen MR) is 112 cm³/mol. The minimum atomic E-state index is -0.187. The fraction of sp³-hybridized carbons (Fsp3) is 0.500. The molecule has 0 spiro atoms. The Labute approximate surface area is 167 Å². The van der Waals surface area contributed by atoms with Gasteiger partial charge in [0.05, 0.1) is 0 Å². The summed E-state index contributed by atoms with van der Waals surface area (Å²) < 4.78 is 13.1. The van der Waals surface area contributed by atoms with E-state index in [-0.39, 0.29) is 11.4 Å². The van der Waals surface area contributed by atoms with Crippen LogP contribution in [0.4, 0.5) is 4.39 Å². The number of hydrogen-bond donors (Lipinski definition) is 2. The largest absolute Gasteiger partial charge is 0.311 e. The Hall–Kier alpha value is -1.75. The van der Waals surface area contributed by atoms with Gasteiger partial charge >= 0.3 is 0 Å². The summed E-state index contributed by atoms with van der Waals surface area (Å²) in [5.74, 6) is 0.701. The van der Waals surface area contributed by atoms with Gasteiger partial charge in [-0.05, 0) is 73.5 Å². The Bertz CT molecular complexity index is 790. The standard InChI is InChI=1S/C24H30FN3/c25-22-7-3-19(4-8-22)18-1-5-21(6-2-18)24(11-12-24)27-14-13-26-23-17-28-15-9-20(23)10-16-28/h1-8,20,23,26-27H,9-17H2. The van der Waals surface area contributed by atoms with Gasteiger partial charge < -0.3 is 15.5 Å². The molecule has 2 aromatic rings. The molecule has 28 heavy (non-hydrogen) atoms. The maximum Gasteiger partial charge on any atom is 0.123 e. The van der Waals surface area contributed by atoms with E-state index in [0.717, 1.165) is 30.1 Å². The molecule has 0 amide bonds. The molecule has 1 unspecified atom stereocenters. The van der Waals surface area contributed by atoms with Gasteiger partial charge in [0.1, 0.15) is 5.82 Å². The molecule has 3 nitrogen and oxygen atoms in total. The maximum atomic E-state index is 13.1. The second-order valence-electron chi connectivity index (χ2n) is 8.79. The molecule has 2 bridgehead atoms. The van der Waals surface area contributed by atoms with Crippen molar-refractivity contribution >= 4 is 0 Å². The van der Waals surface area contributed by atoms with Gasteiger partial charge in [0.15, 0.2) is 0 Å². The van der Waals surface area contributed by atoms with Gasteiger partial charge in [-0.25, -0.2) is 4.39 Å². The minimum absolute atomic E-state index is 0.165. The van der Waals surface area contributed by atoms with E-state index in [1.807, 2.05) is 12.1 Å². The molecule has 0 aromatic heterocycles. The summed E-state index contributed by atoms with van der Waals surface area (Å²) in [5.41, 5.74) is 3.75. The van der Waals surface area contributed by atoms with E-state index < -0.39 is 0 Å². The van der Waals surface area contributed by atoms with Gasteiger partial charge in [-0.1, -0.05) is 36.4 Å². The monoisotopic (exact) mass is 379 g/mol. The summed E-state index contributed by atoms with van der Waals surface area (Å²) >= 11 is 0. The highest BCUT2D eigenvalue weighted by atomic mass is 19.1. The van der Waals surface area contributed by atoms with Crippen molar-refractivity contribution < 1.29 is 4.39 Å². The molecule has 1 aliphatic carbocycles. The molecule has 2 N–H and O–H groups in total. The van der Waals surface area contributed by atoms with Gasteiger partial charge in [0.25, 0.3) is 0 Å². The van der Waals surface area contributed by atoms with Crippen molar-refractivity contribution in [1.82, 2.24) is 15.5 Å². The van der Waals surface area contributed by atoms with Gasteiger partial charge in [-0.15, -0.1) is 0 Å². The summed E-state index contributed by atoms with van der Waals surface area (Å²) in [4.78, 5) is 2.61. The third kappa shape index (κ3) is 3.73. The molecule has 3 aliphatic heterocycles. The molecule has 4 aliphatic rings. The first-order valence-corrected chi connectivity index (χ1v) is 10.8.